The molecule has 1 aromatic rings. The zero-order chi connectivity index (χ0) is 13.0. The van der Waals surface area contributed by atoms with Crippen molar-refractivity contribution in [2.24, 2.45) is 0 Å². The molecular weight excluding hydrogens is 292 g/mol. The highest BCUT2D eigenvalue weighted by atomic mass is 79.9. The van der Waals surface area contributed by atoms with Gasteiger partial charge in [-0.2, -0.15) is 5.26 Å². The highest BCUT2D eigenvalue weighted by Gasteiger charge is 2.20. The van der Waals surface area contributed by atoms with E-state index in [2.05, 4.69) is 15.9 Å². The number of Topliss-reactive ketones (excluding diaryl/α,β-unsaturated/α-hetero) is 1. The molecule has 0 radical (unpaired) electrons. The fraction of sp³-hybridized carbons (Fsp3) is 0.100. The minimum atomic E-state index is -0.770. The molecule has 0 aromatic heterocycles. The van der Waals surface area contributed by atoms with Crippen LogP contribution in [-0.4, -0.2) is 22.3 Å². The van der Waals surface area contributed by atoms with Crippen molar-refractivity contribution in [3.05, 3.63) is 38.9 Å². The molecule has 0 fully saturated rings. The Labute approximate surface area is 104 Å². The van der Waals surface area contributed by atoms with Gasteiger partial charge in [0.2, 0.25) is 0 Å². The first-order chi connectivity index (χ1) is 8.04. The molecule has 0 aliphatic rings. The lowest BCUT2D eigenvalue weighted by Crippen LogP contribution is -2.07. The van der Waals surface area contributed by atoms with Gasteiger partial charge < -0.3 is 0 Å². The number of benzene rings is 1. The predicted molar refractivity (Wildman–Crippen MR) is 61.3 cm³/mol. The van der Waals surface area contributed by atoms with E-state index < -0.39 is 16.4 Å². The van der Waals surface area contributed by atoms with E-state index in [1.54, 1.807) is 6.07 Å². The molecule has 0 atom stereocenters. The summed E-state index contributed by atoms with van der Waals surface area (Å²) in [6, 6.07) is 3.62. The fourth-order valence-corrected chi connectivity index (χ4v) is 1.56. The van der Waals surface area contributed by atoms with E-state index in [-0.39, 0.29) is 22.0 Å². The third-order valence-electron chi connectivity index (χ3n) is 2.03. The summed E-state index contributed by atoms with van der Waals surface area (Å²) in [4.78, 5) is 32.1. The normalized spacial score (nSPS) is 9.41. The van der Waals surface area contributed by atoms with E-state index in [4.69, 9.17) is 5.26 Å². The van der Waals surface area contributed by atoms with Gasteiger partial charge in [-0.3, -0.25) is 19.7 Å². The fourth-order valence-electron chi connectivity index (χ4n) is 1.26. The van der Waals surface area contributed by atoms with E-state index in [9.17, 15) is 19.7 Å². The molecule has 0 amide bonds. The average Bonchev–Trinajstić information content (AvgIpc) is 2.35. The van der Waals surface area contributed by atoms with Crippen LogP contribution in [-0.2, 0) is 0 Å². The number of alkyl halides is 1. The first-order valence-electron chi connectivity index (χ1n) is 4.32. The van der Waals surface area contributed by atoms with Gasteiger partial charge in [0, 0.05) is 17.2 Å². The number of nitro benzene ring substituents is 1. The number of halogens is 1. The second-order valence-electron chi connectivity index (χ2n) is 3.00. The molecule has 0 saturated carbocycles. The van der Waals surface area contributed by atoms with Gasteiger partial charge >= 0.3 is 0 Å². The Bertz CT molecular complexity index is 548. The van der Waals surface area contributed by atoms with E-state index in [0.717, 1.165) is 12.1 Å². The summed E-state index contributed by atoms with van der Waals surface area (Å²) in [5, 5.41) is 19.4. The van der Waals surface area contributed by atoms with E-state index in [1.807, 2.05) is 0 Å². The van der Waals surface area contributed by atoms with Crippen molar-refractivity contribution < 1.29 is 14.5 Å². The van der Waals surface area contributed by atoms with Crippen LogP contribution in [0.5, 0.6) is 0 Å². The monoisotopic (exact) mass is 296 g/mol. The zero-order valence-electron chi connectivity index (χ0n) is 8.34. The van der Waals surface area contributed by atoms with Crippen LogP contribution in [0.2, 0.25) is 0 Å². The van der Waals surface area contributed by atoms with Gasteiger partial charge in [-0.15, -0.1) is 0 Å². The van der Waals surface area contributed by atoms with Crippen LogP contribution in [0.25, 0.3) is 0 Å². The molecule has 0 saturated heterocycles. The molecule has 86 valence electrons. The maximum atomic E-state index is 11.5. The molecule has 17 heavy (non-hydrogen) atoms. The third-order valence-corrected chi connectivity index (χ3v) is 2.54. The van der Waals surface area contributed by atoms with E-state index >= 15 is 0 Å². The molecule has 6 nitrogen and oxygen atoms in total. The molecule has 0 bridgehead atoms. The van der Waals surface area contributed by atoms with E-state index in [1.165, 1.54) is 0 Å². The molecule has 0 aliphatic carbocycles. The topological polar surface area (TPSA) is 101 Å². The Balaban J connectivity index is 3.55. The Morgan fingerprint density at radius 2 is 2.24 bits per heavy atom. The highest BCUT2D eigenvalue weighted by Crippen LogP contribution is 2.23. The molecule has 1 rings (SSSR count). The second-order valence-corrected chi connectivity index (χ2v) is 3.56. The summed E-state index contributed by atoms with van der Waals surface area (Å²) in [6.45, 7) is 0. The number of nitrogens with zero attached hydrogens (tertiary/aromatic N) is 2. The number of carbonyl (C=O) groups excluding carboxylic acids is 2. The Kier molecular flexibility index (Phi) is 4.06. The number of aldehydes is 1. The minimum Gasteiger partial charge on any atom is -0.298 e. The molecule has 0 aliphatic heterocycles. The van der Waals surface area contributed by atoms with Crippen molar-refractivity contribution in [3.63, 3.8) is 0 Å². The Morgan fingerprint density at radius 3 is 2.65 bits per heavy atom. The number of ketones is 1. The number of rotatable bonds is 4. The first kappa shape index (κ1) is 13.0. The number of nitro groups is 1. The smallest absolute Gasteiger partial charge is 0.287 e. The molecule has 0 unspecified atom stereocenters. The van der Waals surface area contributed by atoms with Gasteiger partial charge in [0.1, 0.15) is 11.6 Å². The molecule has 1 aromatic carbocycles. The van der Waals surface area contributed by atoms with Crippen molar-refractivity contribution in [2.45, 2.75) is 0 Å². The molecule has 0 spiro atoms. The standard InChI is InChI=1S/C10H5BrN2O4/c11-3-10(15)8-1-6(4-12)9(13(16)17)2-7(8)5-14/h1-2,5H,3H2. The predicted octanol–water partition coefficient (Wildman–Crippen LogP) is 1.86. The lowest BCUT2D eigenvalue weighted by Gasteiger charge is -2.03. The average molecular weight is 297 g/mol. The number of nitriles is 1. The van der Waals surface area contributed by atoms with Crippen LogP contribution in [0, 0.1) is 21.4 Å². The van der Waals surface area contributed by atoms with Gasteiger partial charge in [0.25, 0.3) is 5.69 Å². The molecule has 7 heteroatoms. The SMILES string of the molecule is N#Cc1cc(C(=O)CBr)c(C=O)cc1[N+](=O)[O-]. The van der Waals surface area contributed by atoms with Crippen molar-refractivity contribution in [1.82, 2.24) is 0 Å². The highest BCUT2D eigenvalue weighted by molar-refractivity contribution is 9.09. The maximum Gasteiger partial charge on any atom is 0.287 e. The summed E-state index contributed by atoms with van der Waals surface area (Å²) in [5.41, 5.74) is -0.829. The number of hydrogen-bond donors (Lipinski definition) is 0. The maximum absolute atomic E-state index is 11.5. The zero-order valence-corrected chi connectivity index (χ0v) is 9.93. The van der Waals surface area contributed by atoms with E-state index in [0.29, 0.717) is 6.29 Å². The van der Waals surface area contributed by atoms with Crippen molar-refractivity contribution in [3.8, 4) is 6.07 Å². The molecule has 0 heterocycles. The molecule has 0 N–H and O–H groups in total. The van der Waals surface area contributed by atoms with Gasteiger partial charge in [-0.1, -0.05) is 15.9 Å². The van der Waals surface area contributed by atoms with Crippen LogP contribution in [0.15, 0.2) is 12.1 Å². The van der Waals surface area contributed by atoms with Crippen LogP contribution in [0.4, 0.5) is 5.69 Å². The van der Waals surface area contributed by atoms with Gasteiger partial charge in [-0.05, 0) is 6.07 Å². The van der Waals surface area contributed by atoms with Crippen LogP contribution in [0.1, 0.15) is 26.3 Å². The van der Waals surface area contributed by atoms with Crippen molar-refractivity contribution >= 4 is 33.7 Å². The Hall–Kier alpha value is -2.07. The quantitative estimate of drug-likeness (QED) is 0.277. The summed E-state index contributed by atoms with van der Waals surface area (Å²) in [7, 11) is 0. The van der Waals surface area contributed by atoms with Crippen molar-refractivity contribution in [1.29, 1.82) is 5.26 Å². The van der Waals surface area contributed by atoms with Crippen LogP contribution >= 0.6 is 15.9 Å². The van der Waals surface area contributed by atoms with Gasteiger partial charge in [0.15, 0.2) is 12.1 Å². The minimum absolute atomic E-state index is 0.000903. The summed E-state index contributed by atoms with van der Waals surface area (Å²) in [5.74, 6) is -0.418. The lowest BCUT2D eigenvalue weighted by molar-refractivity contribution is -0.385. The van der Waals surface area contributed by atoms with Crippen LogP contribution in [0.3, 0.4) is 0 Å². The summed E-state index contributed by atoms with van der Waals surface area (Å²) < 4.78 is 0. The molecular formula is C10H5BrN2O4. The lowest BCUT2D eigenvalue weighted by atomic mass is 10.0. The summed E-state index contributed by atoms with van der Waals surface area (Å²) in [6.07, 6.45) is 0.351. The number of hydrogen-bond acceptors (Lipinski definition) is 5. The summed E-state index contributed by atoms with van der Waals surface area (Å²) >= 11 is 2.93. The Morgan fingerprint density at radius 1 is 1.59 bits per heavy atom. The van der Waals surface area contributed by atoms with Gasteiger partial charge in [0.05, 0.1) is 10.3 Å². The third kappa shape index (κ3) is 2.54. The van der Waals surface area contributed by atoms with Crippen LogP contribution < -0.4 is 0 Å². The first-order valence-corrected chi connectivity index (χ1v) is 5.44. The van der Waals surface area contributed by atoms with Crippen molar-refractivity contribution in [2.75, 3.05) is 5.33 Å². The van der Waals surface area contributed by atoms with Gasteiger partial charge in [-0.25, -0.2) is 0 Å². The second kappa shape index (κ2) is 5.32. The largest absolute Gasteiger partial charge is 0.298 e. The number of carbonyl (C=O) groups is 2.